The van der Waals surface area contributed by atoms with E-state index in [0.717, 1.165) is 48.4 Å². The summed E-state index contributed by atoms with van der Waals surface area (Å²) in [7, 11) is -3.20. The van der Waals surface area contributed by atoms with Gasteiger partial charge in [-0.1, -0.05) is 30.3 Å². The number of rotatable bonds is 4. The highest BCUT2D eigenvalue weighted by molar-refractivity contribution is 7.88. The summed E-state index contributed by atoms with van der Waals surface area (Å²) in [5, 5.41) is 0. The monoisotopic (exact) mass is 374 g/mol. The third kappa shape index (κ3) is 3.12. The lowest BCUT2D eigenvalue weighted by molar-refractivity contribution is -0.0720. The van der Waals surface area contributed by atoms with Gasteiger partial charge in [0, 0.05) is 32.2 Å². The molecule has 6 rings (SSSR count). The minimum Gasteiger partial charge on any atom is -0.297 e. The molecule has 1 aromatic rings. The van der Waals surface area contributed by atoms with Crippen molar-refractivity contribution in [3.63, 3.8) is 0 Å². The Kier molecular flexibility index (Phi) is 4.37. The predicted molar refractivity (Wildman–Crippen MR) is 103 cm³/mol. The zero-order chi connectivity index (χ0) is 17.7. The average Bonchev–Trinajstić information content (AvgIpc) is 2.62. The van der Waals surface area contributed by atoms with Crippen LogP contribution in [-0.4, -0.2) is 49.8 Å². The van der Waals surface area contributed by atoms with Gasteiger partial charge in [-0.3, -0.25) is 4.90 Å². The number of sulfonamides is 1. The Morgan fingerprint density at radius 2 is 1.38 bits per heavy atom. The maximum atomic E-state index is 12.8. The van der Waals surface area contributed by atoms with Crippen LogP contribution in [0, 0.1) is 23.7 Å². The molecule has 1 heterocycles. The van der Waals surface area contributed by atoms with Crippen LogP contribution in [0.2, 0.25) is 0 Å². The van der Waals surface area contributed by atoms with Crippen molar-refractivity contribution in [2.45, 2.75) is 43.9 Å². The van der Waals surface area contributed by atoms with E-state index in [0.29, 0.717) is 13.1 Å². The van der Waals surface area contributed by atoms with Crippen molar-refractivity contribution in [1.29, 1.82) is 0 Å². The van der Waals surface area contributed by atoms with Crippen LogP contribution in [0.3, 0.4) is 0 Å². The molecular weight excluding hydrogens is 344 g/mol. The van der Waals surface area contributed by atoms with Gasteiger partial charge in [0.2, 0.25) is 10.0 Å². The van der Waals surface area contributed by atoms with Crippen molar-refractivity contribution in [3.05, 3.63) is 35.9 Å². The molecule has 0 radical (unpaired) electrons. The van der Waals surface area contributed by atoms with Gasteiger partial charge in [-0.15, -0.1) is 0 Å². The fourth-order valence-corrected chi connectivity index (χ4v) is 8.16. The number of benzene rings is 1. The Bertz CT molecular complexity index is 713. The highest BCUT2D eigenvalue weighted by Crippen LogP contribution is 2.55. The maximum absolute atomic E-state index is 12.8. The Balaban J connectivity index is 1.22. The molecule has 0 unspecified atom stereocenters. The van der Waals surface area contributed by atoms with Gasteiger partial charge in [-0.25, -0.2) is 8.42 Å². The molecule has 0 amide bonds. The Labute approximate surface area is 157 Å². The quantitative estimate of drug-likeness (QED) is 0.814. The minimum absolute atomic E-state index is 0.131. The van der Waals surface area contributed by atoms with Crippen LogP contribution in [0.5, 0.6) is 0 Å². The summed E-state index contributed by atoms with van der Waals surface area (Å²) in [6.45, 7) is 3.16. The summed E-state index contributed by atoms with van der Waals surface area (Å²) in [4.78, 5) is 2.65. The second kappa shape index (κ2) is 6.61. The second-order valence-corrected chi connectivity index (χ2v) is 11.1. The summed E-state index contributed by atoms with van der Waals surface area (Å²) in [5.41, 5.74) is 0.885. The van der Waals surface area contributed by atoms with Gasteiger partial charge in [0.05, 0.1) is 5.75 Å². The molecule has 0 spiro atoms. The Morgan fingerprint density at radius 1 is 0.808 bits per heavy atom. The number of piperazine rings is 1. The minimum atomic E-state index is -3.20. The number of hydrogen-bond acceptors (Lipinski definition) is 3. The summed E-state index contributed by atoms with van der Waals surface area (Å²) in [5.74, 6) is 3.91. The third-order valence-corrected chi connectivity index (χ3v) is 9.31. The SMILES string of the molecule is O=S(=O)(Cc1ccccc1)N1CCN(C2C3CC4CC(C3)CC2C4)CC1. The van der Waals surface area contributed by atoms with Gasteiger partial charge in [0.25, 0.3) is 0 Å². The number of hydrogen-bond donors (Lipinski definition) is 0. The Hall–Kier alpha value is -0.910. The molecule has 142 valence electrons. The maximum Gasteiger partial charge on any atom is 0.218 e. The van der Waals surface area contributed by atoms with E-state index in [1.54, 1.807) is 4.31 Å². The molecule has 4 bridgehead atoms. The molecule has 1 aliphatic heterocycles. The average molecular weight is 375 g/mol. The van der Waals surface area contributed by atoms with Crippen molar-refractivity contribution in [2.24, 2.45) is 23.7 Å². The van der Waals surface area contributed by atoms with E-state index in [4.69, 9.17) is 0 Å². The zero-order valence-corrected chi connectivity index (χ0v) is 16.3. The molecule has 1 aromatic carbocycles. The van der Waals surface area contributed by atoms with Crippen LogP contribution >= 0.6 is 0 Å². The second-order valence-electron chi connectivity index (χ2n) is 9.10. The van der Waals surface area contributed by atoms with Crippen LogP contribution in [0.1, 0.15) is 37.7 Å². The smallest absolute Gasteiger partial charge is 0.218 e. The molecule has 1 saturated heterocycles. The van der Waals surface area contributed by atoms with E-state index in [2.05, 4.69) is 4.90 Å². The van der Waals surface area contributed by atoms with Gasteiger partial charge < -0.3 is 0 Å². The van der Waals surface area contributed by atoms with Crippen LogP contribution in [0.15, 0.2) is 30.3 Å². The van der Waals surface area contributed by atoms with E-state index in [-0.39, 0.29) is 5.75 Å². The summed E-state index contributed by atoms with van der Waals surface area (Å²) in [6, 6.07) is 10.3. The zero-order valence-electron chi connectivity index (χ0n) is 15.5. The predicted octanol–water partition coefficient (Wildman–Crippen LogP) is 2.96. The molecule has 4 saturated carbocycles. The molecule has 0 atom stereocenters. The van der Waals surface area contributed by atoms with Gasteiger partial charge in [0.1, 0.15) is 0 Å². The van der Waals surface area contributed by atoms with Crippen LogP contribution in [0.25, 0.3) is 0 Å². The molecule has 0 N–H and O–H groups in total. The first-order chi connectivity index (χ1) is 12.6. The first-order valence-electron chi connectivity index (χ1n) is 10.3. The molecule has 4 nitrogen and oxygen atoms in total. The van der Waals surface area contributed by atoms with E-state index in [9.17, 15) is 8.42 Å². The van der Waals surface area contributed by atoms with E-state index in [1.165, 1.54) is 32.1 Å². The first-order valence-corrected chi connectivity index (χ1v) is 12.0. The summed E-state index contributed by atoms with van der Waals surface area (Å²) >= 11 is 0. The highest BCUT2D eigenvalue weighted by atomic mass is 32.2. The van der Waals surface area contributed by atoms with Crippen molar-refractivity contribution in [2.75, 3.05) is 26.2 Å². The molecule has 5 aliphatic rings. The van der Waals surface area contributed by atoms with E-state index >= 15 is 0 Å². The fraction of sp³-hybridized carbons (Fsp3) is 0.714. The Morgan fingerprint density at radius 3 is 1.96 bits per heavy atom. The van der Waals surface area contributed by atoms with Crippen molar-refractivity contribution >= 4 is 10.0 Å². The molecular formula is C21H30N2O2S. The van der Waals surface area contributed by atoms with Crippen molar-refractivity contribution in [1.82, 2.24) is 9.21 Å². The standard InChI is InChI=1S/C21H30N2O2S/c24-26(25,15-16-4-2-1-3-5-16)23-8-6-22(7-9-23)21-19-11-17-10-18(13-19)14-20(21)12-17/h1-5,17-21H,6-15H2. The normalized spacial score (nSPS) is 37.9. The van der Waals surface area contributed by atoms with Crippen molar-refractivity contribution in [3.8, 4) is 0 Å². The number of nitrogens with zero attached hydrogens (tertiary/aromatic N) is 2. The van der Waals surface area contributed by atoms with E-state index in [1.807, 2.05) is 30.3 Å². The summed E-state index contributed by atoms with van der Waals surface area (Å²) < 4.78 is 27.3. The fourth-order valence-electron chi connectivity index (χ4n) is 6.65. The molecule has 4 aliphatic carbocycles. The van der Waals surface area contributed by atoms with Gasteiger partial charge in [-0.2, -0.15) is 4.31 Å². The lowest BCUT2D eigenvalue weighted by Gasteiger charge is -2.58. The summed E-state index contributed by atoms with van der Waals surface area (Å²) in [6.07, 6.45) is 7.23. The van der Waals surface area contributed by atoms with Crippen LogP contribution in [0.4, 0.5) is 0 Å². The first kappa shape index (κ1) is 17.2. The lowest BCUT2D eigenvalue weighted by atomic mass is 9.54. The van der Waals surface area contributed by atoms with Crippen LogP contribution < -0.4 is 0 Å². The largest absolute Gasteiger partial charge is 0.297 e. The lowest BCUT2D eigenvalue weighted by Crippen LogP contribution is -2.60. The van der Waals surface area contributed by atoms with Gasteiger partial charge >= 0.3 is 0 Å². The molecule has 0 aromatic heterocycles. The van der Waals surface area contributed by atoms with Gasteiger partial charge in [0.15, 0.2) is 0 Å². The molecule has 5 heteroatoms. The van der Waals surface area contributed by atoms with Crippen molar-refractivity contribution < 1.29 is 8.42 Å². The molecule has 5 fully saturated rings. The topological polar surface area (TPSA) is 40.6 Å². The van der Waals surface area contributed by atoms with Crippen LogP contribution in [-0.2, 0) is 15.8 Å². The van der Waals surface area contributed by atoms with Gasteiger partial charge in [-0.05, 0) is 61.3 Å². The highest BCUT2D eigenvalue weighted by Gasteiger charge is 2.50. The van der Waals surface area contributed by atoms with E-state index < -0.39 is 10.0 Å². The molecule has 26 heavy (non-hydrogen) atoms. The third-order valence-electron chi connectivity index (χ3n) is 7.46.